The molecule has 3 aromatic carbocycles. The van der Waals surface area contributed by atoms with E-state index in [1.165, 1.54) is 62.5 Å². The third kappa shape index (κ3) is 4.13. The van der Waals surface area contributed by atoms with Crippen molar-refractivity contribution in [1.29, 1.82) is 5.26 Å². The third-order valence-corrected chi connectivity index (χ3v) is 9.90. The summed E-state index contributed by atoms with van der Waals surface area (Å²) < 4.78 is 8.91. The molecule has 40 heavy (non-hydrogen) atoms. The zero-order chi connectivity index (χ0) is 27.2. The molecule has 7 rings (SSSR count). The van der Waals surface area contributed by atoms with Gasteiger partial charge in [0.2, 0.25) is 5.69 Å². The lowest BCUT2D eigenvalue weighted by atomic mass is 9.69. The van der Waals surface area contributed by atoms with Crippen LogP contribution in [0.4, 0.5) is 0 Å². The predicted octanol–water partition coefficient (Wildman–Crippen LogP) is 9.39. The van der Waals surface area contributed by atoms with Crippen molar-refractivity contribution in [2.45, 2.75) is 64.2 Å². The molecule has 2 saturated carbocycles. The van der Waals surface area contributed by atoms with Crippen LogP contribution in [0.3, 0.4) is 0 Å². The number of nitrogens with zero attached hydrogens (tertiary/aromatic N) is 2. The SMILES string of the molecule is Cc1ccc2c(oc3c(-c4ccc(C5CCCCC5C5CCCC5)cc4)c(C#N)ccc32)c1-c1cccc[n+]1C. The maximum atomic E-state index is 10.1. The van der Waals surface area contributed by atoms with Crippen molar-refractivity contribution in [3.8, 4) is 28.5 Å². The Morgan fingerprint density at radius 2 is 1.48 bits per heavy atom. The van der Waals surface area contributed by atoms with E-state index in [0.717, 1.165) is 56.2 Å². The summed E-state index contributed by atoms with van der Waals surface area (Å²) in [6.07, 6.45) is 13.1. The normalized spacial score (nSPS) is 19.8. The monoisotopic (exact) mass is 525 g/mol. The van der Waals surface area contributed by atoms with Gasteiger partial charge in [0.25, 0.3) is 0 Å². The molecule has 200 valence electrons. The summed E-state index contributed by atoms with van der Waals surface area (Å²) in [6.45, 7) is 2.14. The first-order chi connectivity index (χ1) is 19.6. The molecule has 3 heteroatoms. The number of nitriles is 1. The number of rotatable bonds is 4. The van der Waals surface area contributed by atoms with Crippen molar-refractivity contribution in [1.82, 2.24) is 0 Å². The van der Waals surface area contributed by atoms with Crippen molar-refractivity contribution in [2.24, 2.45) is 18.9 Å². The van der Waals surface area contributed by atoms with Crippen LogP contribution < -0.4 is 4.57 Å². The van der Waals surface area contributed by atoms with E-state index in [4.69, 9.17) is 4.42 Å². The molecule has 0 amide bonds. The average molecular weight is 526 g/mol. The summed E-state index contributed by atoms with van der Waals surface area (Å²) in [5, 5.41) is 12.3. The van der Waals surface area contributed by atoms with Crippen molar-refractivity contribution >= 4 is 21.9 Å². The lowest BCUT2D eigenvalue weighted by Gasteiger charge is -2.36. The molecule has 0 bridgehead atoms. The molecule has 2 fully saturated rings. The molecular formula is C37H37N2O+. The van der Waals surface area contributed by atoms with Gasteiger partial charge in [0, 0.05) is 28.5 Å². The number of hydrogen-bond donors (Lipinski definition) is 0. The van der Waals surface area contributed by atoms with Crippen LogP contribution in [0.25, 0.3) is 44.3 Å². The van der Waals surface area contributed by atoms with E-state index < -0.39 is 0 Å². The first-order valence-electron chi connectivity index (χ1n) is 15.1. The van der Waals surface area contributed by atoms with Gasteiger partial charge in [-0.15, -0.1) is 0 Å². The smallest absolute Gasteiger partial charge is 0.216 e. The molecule has 0 radical (unpaired) electrons. The third-order valence-electron chi connectivity index (χ3n) is 9.90. The van der Waals surface area contributed by atoms with Crippen molar-refractivity contribution in [2.75, 3.05) is 0 Å². The molecule has 0 spiro atoms. The minimum atomic E-state index is 0.657. The lowest BCUT2D eigenvalue weighted by Crippen LogP contribution is -2.30. The molecule has 2 atom stereocenters. The van der Waals surface area contributed by atoms with Crippen molar-refractivity contribution < 1.29 is 8.98 Å². The molecule has 2 heterocycles. The van der Waals surface area contributed by atoms with Crippen LogP contribution in [0.1, 0.15) is 74.0 Å². The van der Waals surface area contributed by atoms with E-state index >= 15 is 0 Å². The second kappa shape index (κ2) is 10.3. The van der Waals surface area contributed by atoms with Crippen molar-refractivity contribution in [3.05, 3.63) is 89.6 Å². The quantitative estimate of drug-likeness (QED) is 0.219. The van der Waals surface area contributed by atoms with Gasteiger partial charge in [0.1, 0.15) is 18.2 Å². The largest absolute Gasteiger partial charge is 0.454 e. The average Bonchev–Trinajstić information content (AvgIpc) is 3.66. The molecule has 2 aromatic heterocycles. The van der Waals surface area contributed by atoms with E-state index in [2.05, 4.69) is 85.4 Å². The Hall–Kier alpha value is -3.90. The summed E-state index contributed by atoms with van der Waals surface area (Å²) in [4.78, 5) is 0. The number of hydrogen-bond acceptors (Lipinski definition) is 2. The number of furan rings is 1. The number of fused-ring (bicyclic) bond motifs is 3. The second-order valence-electron chi connectivity index (χ2n) is 12.1. The lowest BCUT2D eigenvalue weighted by molar-refractivity contribution is -0.660. The van der Waals surface area contributed by atoms with E-state index in [0.29, 0.717) is 11.5 Å². The van der Waals surface area contributed by atoms with Crippen LogP contribution in [0, 0.1) is 30.1 Å². The summed E-state index contributed by atoms with van der Waals surface area (Å²) in [6, 6.07) is 26.2. The van der Waals surface area contributed by atoms with Crippen LogP contribution in [-0.4, -0.2) is 0 Å². The van der Waals surface area contributed by atoms with Gasteiger partial charge in [0.05, 0.1) is 17.2 Å². The Balaban J connectivity index is 1.35. The Morgan fingerprint density at radius 3 is 2.23 bits per heavy atom. The number of aromatic nitrogens is 1. The molecule has 2 aliphatic carbocycles. The molecular weight excluding hydrogens is 488 g/mol. The zero-order valence-corrected chi connectivity index (χ0v) is 23.6. The fourth-order valence-corrected chi connectivity index (χ4v) is 7.90. The summed E-state index contributed by atoms with van der Waals surface area (Å²) >= 11 is 0. The highest BCUT2D eigenvalue weighted by Crippen LogP contribution is 2.47. The van der Waals surface area contributed by atoms with Crippen LogP contribution in [0.2, 0.25) is 0 Å². The standard InChI is InChI=1S/C37H37N2O/c1-24-14-20-31-32-21-19-28(23-38)35(37(32)40-36(31)34(24)33-13-7-8-22-39(33)2)27-17-15-26(16-18-27)30-12-6-5-11-29(30)25-9-3-4-10-25/h7-8,13-22,25,29-30H,3-6,9-12H2,1-2H3/q+1. The van der Waals surface area contributed by atoms with Crippen LogP contribution in [-0.2, 0) is 7.05 Å². The highest BCUT2D eigenvalue weighted by molar-refractivity contribution is 6.14. The van der Waals surface area contributed by atoms with Gasteiger partial charge in [-0.25, -0.2) is 4.57 Å². The molecule has 0 N–H and O–H groups in total. The van der Waals surface area contributed by atoms with E-state index in [1.807, 2.05) is 12.1 Å². The predicted molar refractivity (Wildman–Crippen MR) is 162 cm³/mol. The minimum absolute atomic E-state index is 0.657. The topological polar surface area (TPSA) is 40.8 Å². The minimum Gasteiger partial charge on any atom is -0.454 e. The summed E-state index contributed by atoms with van der Waals surface area (Å²) in [5.74, 6) is 2.40. The Bertz CT molecular complexity index is 1750. The summed E-state index contributed by atoms with van der Waals surface area (Å²) in [5.41, 5.74) is 9.16. The Kier molecular flexibility index (Phi) is 6.43. The van der Waals surface area contributed by atoms with Gasteiger partial charge in [-0.1, -0.05) is 74.9 Å². The van der Waals surface area contributed by atoms with Crippen LogP contribution in [0.15, 0.2) is 77.3 Å². The molecule has 2 aliphatic rings. The van der Waals surface area contributed by atoms with Crippen LogP contribution >= 0.6 is 0 Å². The molecule has 0 aliphatic heterocycles. The van der Waals surface area contributed by atoms with E-state index in [1.54, 1.807) is 0 Å². The van der Waals surface area contributed by atoms with E-state index in [9.17, 15) is 5.26 Å². The Labute approximate surface area is 237 Å². The van der Waals surface area contributed by atoms with Crippen molar-refractivity contribution in [3.63, 3.8) is 0 Å². The number of pyridine rings is 1. The van der Waals surface area contributed by atoms with E-state index in [-0.39, 0.29) is 0 Å². The van der Waals surface area contributed by atoms with Gasteiger partial charge in [0.15, 0.2) is 6.20 Å². The maximum absolute atomic E-state index is 10.1. The maximum Gasteiger partial charge on any atom is 0.216 e. The number of aryl methyl sites for hydroxylation is 2. The van der Waals surface area contributed by atoms with Crippen LogP contribution in [0.5, 0.6) is 0 Å². The number of benzene rings is 3. The van der Waals surface area contributed by atoms with Gasteiger partial charge in [-0.2, -0.15) is 5.26 Å². The molecule has 5 aromatic rings. The molecule has 2 unspecified atom stereocenters. The van der Waals surface area contributed by atoms with Gasteiger partial charge < -0.3 is 4.42 Å². The highest BCUT2D eigenvalue weighted by Gasteiger charge is 2.34. The molecule has 3 nitrogen and oxygen atoms in total. The fraction of sp³-hybridized carbons (Fsp3) is 0.351. The molecule has 0 saturated heterocycles. The Morgan fingerprint density at radius 1 is 0.775 bits per heavy atom. The summed E-state index contributed by atoms with van der Waals surface area (Å²) in [7, 11) is 2.07. The second-order valence-corrected chi connectivity index (χ2v) is 12.1. The van der Waals surface area contributed by atoms with Gasteiger partial charge in [-0.05, 0) is 72.4 Å². The fourth-order valence-electron chi connectivity index (χ4n) is 7.90. The first-order valence-corrected chi connectivity index (χ1v) is 15.1. The highest BCUT2D eigenvalue weighted by atomic mass is 16.3. The van der Waals surface area contributed by atoms with Gasteiger partial charge in [-0.3, -0.25) is 0 Å². The first kappa shape index (κ1) is 25.1. The zero-order valence-electron chi connectivity index (χ0n) is 23.6. The van der Waals surface area contributed by atoms with Gasteiger partial charge >= 0.3 is 0 Å².